The van der Waals surface area contributed by atoms with E-state index in [-0.39, 0.29) is 11.3 Å². The Balaban J connectivity index is 2.61. The number of halogens is 1. The third kappa shape index (κ3) is 1.73. The molecule has 0 fully saturated rings. The Morgan fingerprint density at radius 3 is 2.56 bits per heavy atom. The lowest BCUT2D eigenvalue weighted by Crippen LogP contribution is -2.41. The molecule has 4 nitrogen and oxygen atoms in total. The molecule has 1 aromatic rings. The summed E-state index contributed by atoms with van der Waals surface area (Å²) in [5, 5.41) is 8.58. The van der Waals surface area contributed by atoms with Gasteiger partial charge < -0.3 is 5.11 Å². The Kier molecular flexibility index (Phi) is 2.94. The second-order valence-corrected chi connectivity index (χ2v) is 7.49. The number of rotatable bonds is 2. The number of benzene rings is 1. The number of sulfone groups is 1. The molecule has 0 saturated carbocycles. The van der Waals surface area contributed by atoms with Crippen LogP contribution in [0.25, 0.3) is 0 Å². The monoisotopic (exact) mass is 288 g/mol. The van der Waals surface area contributed by atoms with E-state index < -0.39 is 26.5 Å². The molecular weight excluding hydrogens is 276 g/mol. The van der Waals surface area contributed by atoms with Crippen molar-refractivity contribution in [3.05, 3.63) is 28.8 Å². The summed E-state index contributed by atoms with van der Waals surface area (Å²) >= 11 is 5.98. The largest absolute Gasteiger partial charge is 0.481 e. The van der Waals surface area contributed by atoms with Crippen LogP contribution in [0.15, 0.2) is 23.1 Å². The molecule has 6 heteroatoms. The average Bonchev–Trinajstić information content (AvgIpc) is 2.53. The fourth-order valence-corrected chi connectivity index (χ4v) is 4.91. The predicted molar refractivity (Wildman–Crippen MR) is 67.5 cm³/mol. The molecule has 1 atom stereocenters. The van der Waals surface area contributed by atoms with Gasteiger partial charge in [0.25, 0.3) is 0 Å². The minimum Gasteiger partial charge on any atom is -0.481 e. The molecule has 1 heterocycles. The van der Waals surface area contributed by atoms with Crippen molar-refractivity contribution in [3.8, 4) is 0 Å². The number of carbonyl (C=O) groups is 1. The molecule has 1 N–H and O–H groups in total. The highest BCUT2D eigenvalue weighted by Gasteiger charge is 2.50. The van der Waals surface area contributed by atoms with Crippen LogP contribution in [0.3, 0.4) is 0 Å². The van der Waals surface area contributed by atoms with Gasteiger partial charge in [0.1, 0.15) is 0 Å². The number of fused-ring (bicyclic) bond motifs is 1. The Bertz CT molecular complexity index is 619. The van der Waals surface area contributed by atoms with Gasteiger partial charge in [0.15, 0.2) is 9.84 Å². The average molecular weight is 289 g/mol. The van der Waals surface area contributed by atoms with Gasteiger partial charge in [0.05, 0.1) is 15.6 Å². The second-order valence-electron chi connectivity index (χ2n) is 4.98. The molecule has 0 aliphatic carbocycles. The number of aliphatic carboxylic acids is 1. The van der Waals surface area contributed by atoms with E-state index in [9.17, 15) is 18.3 Å². The highest BCUT2D eigenvalue weighted by molar-refractivity contribution is 7.92. The first kappa shape index (κ1) is 13.4. The Labute approximate surface area is 110 Å². The van der Waals surface area contributed by atoms with Crippen molar-refractivity contribution in [1.82, 2.24) is 0 Å². The minimum atomic E-state index is -3.64. The van der Waals surface area contributed by atoms with Crippen LogP contribution in [-0.4, -0.2) is 24.7 Å². The van der Waals surface area contributed by atoms with E-state index in [0.29, 0.717) is 10.6 Å². The SMILES string of the molecule is CC(C)(C(=O)O)C1Cc2c(Cl)cccc2S1(=O)=O. The van der Waals surface area contributed by atoms with Crippen LogP contribution in [0, 0.1) is 5.41 Å². The van der Waals surface area contributed by atoms with Crippen molar-refractivity contribution in [2.24, 2.45) is 5.41 Å². The van der Waals surface area contributed by atoms with Crippen LogP contribution in [0.2, 0.25) is 5.02 Å². The molecule has 2 rings (SSSR count). The summed E-state index contributed by atoms with van der Waals surface area (Å²) in [6, 6.07) is 4.66. The molecule has 18 heavy (non-hydrogen) atoms. The maximum Gasteiger partial charge on any atom is 0.310 e. The van der Waals surface area contributed by atoms with Crippen LogP contribution in [-0.2, 0) is 21.1 Å². The molecule has 98 valence electrons. The van der Waals surface area contributed by atoms with Crippen molar-refractivity contribution in [2.45, 2.75) is 30.4 Å². The highest BCUT2D eigenvalue weighted by atomic mass is 35.5. The summed E-state index contributed by atoms with van der Waals surface area (Å²) < 4.78 is 24.7. The second kappa shape index (κ2) is 3.96. The number of carboxylic acids is 1. The van der Waals surface area contributed by atoms with Crippen LogP contribution in [0.1, 0.15) is 19.4 Å². The van der Waals surface area contributed by atoms with E-state index in [1.807, 2.05) is 0 Å². The molecule has 1 aromatic carbocycles. The molecule has 0 bridgehead atoms. The third-order valence-corrected chi connectivity index (χ3v) is 6.36. The quantitative estimate of drug-likeness (QED) is 0.905. The smallest absolute Gasteiger partial charge is 0.310 e. The normalized spacial score (nSPS) is 21.6. The van der Waals surface area contributed by atoms with Gasteiger partial charge in [-0.05, 0) is 38.0 Å². The summed E-state index contributed by atoms with van der Waals surface area (Å²) in [5.74, 6) is -1.12. The molecule has 1 aliphatic heterocycles. The van der Waals surface area contributed by atoms with Crippen molar-refractivity contribution < 1.29 is 18.3 Å². The van der Waals surface area contributed by atoms with Gasteiger partial charge in [-0.25, -0.2) is 8.42 Å². The maximum atomic E-state index is 12.4. The van der Waals surface area contributed by atoms with Crippen molar-refractivity contribution in [2.75, 3.05) is 0 Å². The first-order chi connectivity index (χ1) is 8.19. The first-order valence-electron chi connectivity index (χ1n) is 5.43. The lowest BCUT2D eigenvalue weighted by atomic mass is 9.86. The van der Waals surface area contributed by atoms with Gasteiger partial charge in [0.2, 0.25) is 0 Å². The zero-order valence-electron chi connectivity index (χ0n) is 9.97. The standard InChI is InChI=1S/C12H13ClO4S/c1-12(2,11(14)15)10-6-7-8(13)4-3-5-9(7)18(10,16)17/h3-5,10H,6H2,1-2H3,(H,14,15). The molecule has 1 unspecified atom stereocenters. The molecule has 0 saturated heterocycles. The van der Waals surface area contributed by atoms with Crippen LogP contribution in [0.5, 0.6) is 0 Å². The first-order valence-corrected chi connectivity index (χ1v) is 7.36. The van der Waals surface area contributed by atoms with E-state index in [1.54, 1.807) is 12.1 Å². The van der Waals surface area contributed by atoms with Crippen LogP contribution in [0.4, 0.5) is 0 Å². The van der Waals surface area contributed by atoms with Crippen molar-refractivity contribution in [3.63, 3.8) is 0 Å². The van der Waals surface area contributed by atoms with Gasteiger partial charge in [0, 0.05) is 5.02 Å². The highest BCUT2D eigenvalue weighted by Crippen LogP contribution is 2.42. The number of carboxylic acid groups (broad SMARTS) is 1. The fourth-order valence-electron chi connectivity index (χ4n) is 2.23. The lowest BCUT2D eigenvalue weighted by molar-refractivity contribution is -0.146. The Morgan fingerprint density at radius 2 is 2.06 bits per heavy atom. The van der Waals surface area contributed by atoms with Gasteiger partial charge >= 0.3 is 5.97 Å². The van der Waals surface area contributed by atoms with Crippen molar-refractivity contribution >= 4 is 27.4 Å². The van der Waals surface area contributed by atoms with E-state index in [4.69, 9.17) is 11.6 Å². The number of hydrogen-bond donors (Lipinski definition) is 1. The van der Waals surface area contributed by atoms with E-state index in [0.717, 1.165) is 0 Å². The zero-order valence-corrected chi connectivity index (χ0v) is 11.5. The topological polar surface area (TPSA) is 71.4 Å². The maximum absolute atomic E-state index is 12.4. The van der Waals surface area contributed by atoms with Crippen LogP contribution < -0.4 is 0 Å². The molecule has 0 amide bonds. The van der Waals surface area contributed by atoms with Gasteiger partial charge in [-0.15, -0.1) is 0 Å². The summed E-state index contributed by atoms with van der Waals surface area (Å²) in [6.07, 6.45) is 0.149. The van der Waals surface area contributed by atoms with Gasteiger partial charge in [-0.2, -0.15) is 0 Å². The number of hydrogen-bond acceptors (Lipinski definition) is 3. The molecule has 0 radical (unpaired) electrons. The van der Waals surface area contributed by atoms with E-state index in [2.05, 4.69) is 0 Å². The third-order valence-electron chi connectivity index (χ3n) is 3.50. The van der Waals surface area contributed by atoms with Crippen molar-refractivity contribution in [1.29, 1.82) is 0 Å². The summed E-state index contributed by atoms with van der Waals surface area (Å²) in [4.78, 5) is 11.4. The van der Waals surface area contributed by atoms with Crippen LogP contribution >= 0.6 is 11.6 Å². The summed E-state index contributed by atoms with van der Waals surface area (Å²) in [5.41, 5.74) is -0.820. The van der Waals surface area contributed by atoms with Gasteiger partial charge in [-0.1, -0.05) is 17.7 Å². The predicted octanol–water partition coefficient (Wildman–Crippen LogP) is 2.15. The molecule has 1 aliphatic rings. The molecule has 0 aromatic heterocycles. The fraction of sp³-hybridized carbons (Fsp3) is 0.417. The summed E-state index contributed by atoms with van der Waals surface area (Å²) in [6.45, 7) is 2.86. The molecular formula is C12H13ClO4S. The van der Waals surface area contributed by atoms with E-state index >= 15 is 0 Å². The van der Waals surface area contributed by atoms with E-state index in [1.165, 1.54) is 19.9 Å². The Hall–Kier alpha value is -1.07. The zero-order chi connectivity index (χ0) is 13.7. The Morgan fingerprint density at radius 1 is 1.44 bits per heavy atom. The minimum absolute atomic E-state index is 0.149. The van der Waals surface area contributed by atoms with Gasteiger partial charge in [-0.3, -0.25) is 4.79 Å². The lowest BCUT2D eigenvalue weighted by Gasteiger charge is -2.25. The molecule has 0 spiro atoms. The summed E-state index contributed by atoms with van der Waals surface area (Å²) in [7, 11) is -3.64.